The molecule has 0 bridgehead atoms. The zero-order valence-corrected chi connectivity index (χ0v) is 15.6. The second kappa shape index (κ2) is 7.61. The molecule has 0 aliphatic carbocycles. The molecule has 2 N–H and O–H groups in total. The van der Waals surface area contributed by atoms with E-state index in [0.717, 1.165) is 22.3 Å². The Kier molecular flexibility index (Phi) is 4.86. The molecule has 140 valence electrons. The number of ether oxygens (including phenoxy) is 1. The van der Waals surface area contributed by atoms with E-state index in [2.05, 4.69) is 9.97 Å². The van der Waals surface area contributed by atoms with Gasteiger partial charge in [0.15, 0.2) is 0 Å². The first kappa shape index (κ1) is 17.9. The van der Waals surface area contributed by atoms with E-state index in [4.69, 9.17) is 19.1 Å². The number of benzene rings is 2. The zero-order valence-electron chi connectivity index (χ0n) is 14.8. The topological polar surface area (TPSA) is 100 Å². The average molecular weight is 393 g/mol. The van der Waals surface area contributed by atoms with Gasteiger partial charge in [0.05, 0.1) is 12.0 Å². The first-order valence-electron chi connectivity index (χ1n) is 8.32. The maximum absolute atomic E-state index is 12.4. The lowest BCUT2D eigenvalue weighted by Gasteiger charge is -2.09. The van der Waals surface area contributed by atoms with Crippen LogP contribution in [0.5, 0.6) is 17.5 Å². The summed E-state index contributed by atoms with van der Waals surface area (Å²) in [6.45, 7) is 1.80. The summed E-state index contributed by atoms with van der Waals surface area (Å²) < 4.78 is 16.7. The van der Waals surface area contributed by atoms with Gasteiger partial charge in [-0.1, -0.05) is 6.07 Å². The first-order valence-corrected chi connectivity index (χ1v) is 9.07. The van der Waals surface area contributed by atoms with Crippen molar-refractivity contribution in [3.63, 3.8) is 0 Å². The van der Waals surface area contributed by atoms with Gasteiger partial charge in [-0.3, -0.25) is 0 Å². The molecule has 0 saturated carbocycles. The Balaban J connectivity index is 1.62. The molecule has 0 aliphatic heterocycles. The van der Waals surface area contributed by atoms with Crippen LogP contribution in [-0.2, 0) is 0 Å². The molecule has 2 aromatic carbocycles. The minimum atomic E-state index is -0.575. The Morgan fingerprint density at radius 3 is 2.68 bits per heavy atom. The summed E-state index contributed by atoms with van der Waals surface area (Å²) in [5.41, 5.74) is 6.86. The summed E-state index contributed by atoms with van der Waals surface area (Å²) >= 11 is 1.05. The summed E-state index contributed by atoms with van der Waals surface area (Å²) in [7, 11) is 0. The number of rotatable bonds is 5. The molecule has 0 unspecified atom stereocenters. The Morgan fingerprint density at radius 1 is 1.07 bits per heavy atom. The van der Waals surface area contributed by atoms with Gasteiger partial charge in [0.2, 0.25) is 5.75 Å². The van der Waals surface area contributed by atoms with Crippen LogP contribution in [0.25, 0.3) is 11.0 Å². The maximum Gasteiger partial charge on any atom is 0.380 e. The molecular formula is C20H15N3O4S. The van der Waals surface area contributed by atoms with Gasteiger partial charge in [-0.2, -0.15) is 0 Å². The molecule has 0 spiro atoms. The molecule has 0 fully saturated rings. The van der Waals surface area contributed by atoms with Crippen LogP contribution in [0.15, 0.2) is 75.0 Å². The average Bonchev–Trinajstić information content (AvgIpc) is 2.68. The molecule has 7 nitrogen and oxygen atoms in total. The summed E-state index contributed by atoms with van der Waals surface area (Å²) in [5, 5.41) is 0.740. The normalized spacial score (nSPS) is 10.8. The van der Waals surface area contributed by atoms with Crippen molar-refractivity contribution in [2.45, 2.75) is 11.8 Å². The van der Waals surface area contributed by atoms with Crippen molar-refractivity contribution < 1.29 is 13.3 Å². The second-order valence-electron chi connectivity index (χ2n) is 5.87. The minimum Gasteiger partial charge on any atom is -0.424 e. The Labute approximate surface area is 164 Å². The third kappa shape index (κ3) is 3.77. The van der Waals surface area contributed by atoms with Crippen LogP contribution < -0.4 is 20.3 Å². The van der Waals surface area contributed by atoms with Gasteiger partial charge in [0, 0.05) is 40.0 Å². The number of nitrogens with zero attached hydrogens (tertiary/aromatic N) is 2. The molecule has 0 radical (unpaired) electrons. The maximum atomic E-state index is 12.4. The summed E-state index contributed by atoms with van der Waals surface area (Å²) in [5.74, 6) is 0.601. The molecule has 4 rings (SSSR count). The van der Waals surface area contributed by atoms with Gasteiger partial charge in [0.1, 0.15) is 11.3 Å². The van der Waals surface area contributed by atoms with E-state index in [1.54, 1.807) is 55.7 Å². The second-order valence-corrected chi connectivity index (χ2v) is 6.68. The van der Waals surface area contributed by atoms with Gasteiger partial charge in [-0.05, 0) is 43.3 Å². The van der Waals surface area contributed by atoms with Gasteiger partial charge < -0.3 is 19.1 Å². The summed E-state index contributed by atoms with van der Waals surface area (Å²) in [6.07, 6.45) is 3.16. The highest BCUT2D eigenvalue weighted by Gasteiger charge is 2.15. The zero-order chi connectivity index (χ0) is 19.5. The van der Waals surface area contributed by atoms with Crippen LogP contribution in [0, 0.1) is 6.92 Å². The first-order chi connectivity index (χ1) is 13.6. The van der Waals surface area contributed by atoms with Crippen LogP contribution in [-0.4, -0.2) is 9.97 Å². The number of fused-ring (bicyclic) bond motifs is 1. The van der Waals surface area contributed by atoms with E-state index >= 15 is 0 Å². The van der Waals surface area contributed by atoms with Gasteiger partial charge in [-0.15, -0.1) is 0 Å². The predicted octanol–water partition coefficient (Wildman–Crippen LogP) is 4.35. The quantitative estimate of drug-likeness (QED) is 0.303. The number of anilines is 1. The van der Waals surface area contributed by atoms with Crippen LogP contribution >= 0.6 is 12.0 Å². The molecule has 2 heterocycles. The SMILES string of the molecule is Cc1c(OSc2cccc(N)c2)c(=O)oc2cc(Oc3ncccn3)ccc12. The van der Waals surface area contributed by atoms with Crippen LogP contribution in [0.4, 0.5) is 5.69 Å². The van der Waals surface area contributed by atoms with Crippen molar-refractivity contribution in [2.24, 2.45) is 0 Å². The molecular weight excluding hydrogens is 378 g/mol. The molecule has 0 aliphatic rings. The lowest BCUT2D eigenvalue weighted by molar-refractivity contribution is 0.440. The van der Waals surface area contributed by atoms with Crippen molar-refractivity contribution in [1.82, 2.24) is 9.97 Å². The Hall–Kier alpha value is -3.52. The van der Waals surface area contributed by atoms with E-state index < -0.39 is 5.63 Å². The van der Waals surface area contributed by atoms with Gasteiger partial charge in [0.25, 0.3) is 0 Å². The van der Waals surface area contributed by atoms with Crippen molar-refractivity contribution in [2.75, 3.05) is 5.73 Å². The third-order valence-corrected chi connectivity index (χ3v) is 4.61. The molecule has 28 heavy (non-hydrogen) atoms. The van der Waals surface area contributed by atoms with Crippen molar-refractivity contribution in [3.8, 4) is 17.5 Å². The highest BCUT2D eigenvalue weighted by molar-refractivity contribution is 7.95. The summed E-state index contributed by atoms with van der Waals surface area (Å²) in [4.78, 5) is 21.2. The standard InChI is InChI=1S/C20H15N3O4S/c1-12-16-7-6-14(25-20-22-8-3-9-23-20)11-17(16)26-19(24)18(12)27-28-15-5-2-4-13(21)10-15/h2-11H,21H2,1H3. The number of aromatic nitrogens is 2. The van der Waals surface area contributed by atoms with Gasteiger partial charge in [-0.25, -0.2) is 14.8 Å². The predicted molar refractivity (Wildman–Crippen MR) is 107 cm³/mol. The summed E-state index contributed by atoms with van der Waals surface area (Å²) in [6, 6.07) is 14.3. The van der Waals surface area contributed by atoms with E-state index in [0.29, 0.717) is 22.6 Å². The smallest absolute Gasteiger partial charge is 0.380 e. The molecule has 2 aromatic heterocycles. The van der Waals surface area contributed by atoms with E-state index in [9.17, 15) is 4.79 Å². The van der Waals surface area contributed by atoms with Crippen LogP contribution in [0.1, 0.15) is 5.56 Å². The molecule has 0 saturated heterocycles. The highest BCUT2D eigenvalue weighted by atomic mass is 32.2. The Morgan fingerprint density at radius 2 is 1.89 bits per heavy atom. The lowest BCUT2D eigenvalue weighted by atomic mass is 10.1. The number of hydrogen-bond acceptors (Lipinski definition) is 8. The highest BCUT2D eigenvalue weighted by Crippen LogP contribution is 2.31. The van der Waals surface area contributed by atoms with Crippen molar-refractivity contribution in [3.05, 3.63) is 76.9 Å². The number of hydrogen-bond donors (Lipinski definition) is 1. The molecule has 0 atom stereocenters. The molecule has 4 aromatic rings. The monoisotopic (exact) mass is 393 g/mol. The third-order valence-electron chi connectivity index (χ3n) is 3.92. The van der Waals surface area contributed by atoms with E-state index in [1.165, 1.54) is 0 Å². The molecule has 0 amide bonds. The largest absolute Gasteiger partial charge is 0.424 e. The van der Waals surface area contributed by atoms with Crippen molar-refractivity contribution in [1.29, 1.82) is 0 Å². The van der Waals surface area contributed by atoms with Crippen LogP contribution in [0.3, 0.4) is 0 Å². The van der Waals surface area contributed by atoms with Gasteiger partial charge >= 0.3 is 11.6 Å². The van der Waals surface area contributed by atoms with Crippen LogP contribution in [0.2, 0.25) is 0 Å². The number of aryl methyl sites for hydroxylation is 1. The van der Waals surface area contributed by atoms with E-state index in [-0.39, 0.29) is 11.8 Å². The fourth-order valence-electron chi connectivity index (χ4n) is 2.58. The number of nitrogen functional groups attached to an aromatic ring is 1. The van der Waals surface area contributed by atoms with Crippen molar-refractivity contribution >= 4 is 28.7 Å². The molecule has 8 heteroatoms. The lowest BCUT2D eigenvalue weighted by Crippen LogP contribution is -2.05. The fraction of sp³-hybridized carbons (Fsp3) is 0.0500. The Bertz CT molecular complexity index is 1200. The minimum absolute atomic E-state index is 0.139. The van der Waals surface area contributed by atoms with E-state index in [1.807, 2.05) is 12.1 Å². The number of nitrogens with two attached hydrogens (primary N) is 1. The fourth-order valence-corrected chi connectivity index (χ4v) is 3.27.